The van der Waals surface area contributed by atoms with Crippen LogP contribution in [0.1, 0.15) is 22.7 Å². The minimum Gasteiger partial charge on any atom is -0.378 e. The standard InChI is InChI=1S/C15H14FN/c1-10-4-2-3-5-13(10)15-8-11-6-7-12(16)9-14(11)17-15/h2-7,9,15,17H,8H2,1H3. The highest BCUT2D eigenvalue weighted by atomic mass is 19.1. The summed E-state index contributed by atoms with van der Waals surface area (Å²) in [5, 5.41) is 3.39. The minimum atomic E-state index is -0.179. The molecule has 1 N–H and O–H groups in total. The van der Waals surface area contributed by atoms with E-state index in [-0.39, 0.29) is 11.9 Å². The van der Waals surface area contributed by atoms with E-state index >= 15 is 0 Å². The van der Waals surface area contributed by atoms with Crippen molar-refractivity contribution in [2.75, 3.05) is 5.32 Å². The number of hydrogen-bond acceptors (Lipinski definition) is 1. The predicted octanol–water partition coefficient (Wildman–Crippen LogP) is 3.84. The molecule has 0 spiro atoms. The normalized spacial score (nSPS) is 17.6. The first-order valence-electron chi connectivity index (χ1n) is 5.84. The largest absolute Gasteiger partial charge is 0.378 e. The average molecular weight is 227 g/mol. The monoisotopic (exact) mass is 227 g/mol. The first-order chi connectivity index (χ1) is 8.24. The molecule has 1 nitrogen and oxygen atoms in total. The molecule has 1 heterocycles. The zero-order valence-electron chi connectivity index (χ0n) is 9.70. The van der Waals surface area contributed by atoms with Gasteiger partial charge in [0.1, 0.15) is 5.82 Å². The number of rotatable bonds is 1. The van der Waals surface area contributed by atoms with Gasteiger partial charge in [0, 0.05) is 5.69 Å². The van der Waals surface area contributed by atoms with Crippen molar-refractivity contribution in [1.29, 1.82) is 0 Å². The van der Waals surface area contributed by atoms with Crippen LogP contribution < -0.4 is 5.32 Å². The number of fused-ring (bicyclic) bond motifs is 1. The number of hydrogen-bond donors (Lipinski definition) is 1. The van der Waals surface area contributed by atoms with E-state index in [1.54, 1.807) is 6.07 Å². The Balaban J connectivity index is 1.94. The fourth-order valence-corrected chi connectivity index (χ4v) is 2.49. The van der Waals surface area contributed by atoms with Crippen LogP contribution in [0.3, 0.4) is 0 Å². The summed E-state index contributed by atoms with van der Waals surface area (Å²) in [7, 11) is 0. The fraction of sp³-hybridized carbons (Fsp3) is 0.200. The Hall–Kier alpha value is -1.83. The van der Waals surface area contributed by atoms with Crippen molar-refractivity contribution in [2.24, 2.45) is 0 Å². The van der Waals surface area contributed by atoms with Gasteiger partial charge in [0.25, 0.3) is 0 Å². The average Bonchev–Trinajstić information content (AvgIpc) is 2.72. The van der Waals surface area contributed by atoms with Gasteiger partial charge in [-0.1, -0.05) is 30.3 Å². The molecule has 86 valence electrons. The van der Waals surface area contributed by atoms with Crippen LogP contribution in [0.5, 0.6) is 0 Å². The lowest BCUT2D eigenvalue weighted by Crippen LogP contribution is -2.07. The maximum absolute atomic E-state index is 13.1. The van der Waals surface area contributed by atoms with Gasteiger partial charge in [-0.3, -0.25) is 0 Å². The van der Waals surface area contributed by atoms with Crippen LogP contribution in [0.15, 0.2) is 42.5 Å². The van der Waals surface area contributed by atoms with E-state index in [2.05, 4.69) is 24.4 Å². The number of benzene rings is 2. The maximum Gasteiger partial charge on any atom is 0.125 e. The van der Waals surface area contributed by atoms with Crippen molar-refractivity contribution >= 4 is 5.69 Å². The zero-order chi connectivity index (χ0) is 11.8. The lowest BCUT2D eigenvalue weighted by atomic mass is 9.99. The molecule has 2 aromatic rings. The zero-order valence-corrected chi connectivity index (χ0v) is 9.70. The third-order valence-corrected chi connectivity index (χ3v) is 3.39. The lowest BCUT2D eigenvalue weighted by molar-refractivity contribution is 0.628. The quantitative estimate of drug-likeness (QED) is 0.780. The first-order valence-corrected chi connectivity index (χ1v) is 5.84. The second-order valence-electron chi connectivity index (χ2n) is 4.56. The molecule has 0 bridgehead atoms. The van der Waals surface area contributed by atoms with Gasteiger partial charge in [-0.05, 0) is 42.2 Å². The molecule has 0 amide bonds. The second-order valence-corrected chi connectivity index (χ2v) is 4.56. The number of anilines is 1. The Morgan fingerprint density at radius 1 is 1.18 bits per heavy atom. The van der Waals surface area contributed by atoms with Crippen molar-refractivity contribution < 1.29 is 4.39 Å². The third kappa shape index (κ3) is 1.80. The Bertz CT molecular complexity index is 563. The van der Waals surface area contributed by atoms with E-state index in [0.717, 1.165) is 12.1 Å². The highest BCUT2D eigenvalue weighted by Gasteiger charge is 2.23. The van der Waals surface area contributed by atoms with Crippen LogP contribution in [-0.4, -0.2) is 0 Å². The second kappa shape index (κ2) is 3.88. The lowest BCUT2D eigenvalue weighted by Gasteiger charge is -2.14. The molecular weight excluding hydrogens is 213 g/mol. The maximum atomic E-state index is 13.1. The molecule has 1 aliphatic heterocycles. The predicted molar refractivity (Wildman–Crippen MR) is 67.6 cm³/mol. The Labute approximate surface area is 100 Å². The Morgan fingerprint density at radius 2 is 2.00 bits per heavy atom. The summed E-state index contributed by atoms with van der Waals surface area (Å²) in [4.78, 5) is 0. The molecule has 2 aromatic carbocycles. The Kier molecular flexibility index (Phi) is 2.36. The van der Waals surface area contributed by atoms with Gasteiger partial charge in [0.15, 0.2) is 0 Å². The fourth-order valence-electron chi connectivity index (χ4n) is 2.49. The van der Waals surface area contributed by atoms with E-state index < -0.39 is 0 Å². The summed E-state index contributed by atoms with van der Waals surface area (Å²) in [6.07, 6.45) is 0.931. The van der Waals surface area contributed by atoms with Crippen LogP contribution in [0.25, 0.3) is 0 Å². The highest BCUT2D eigenvalue weighted by Crippen LogP contribution is 2.35. The van der Waals surface area contributed by atoms with Gasteiger partial charge >= 0.3 is 0 Å². The minimum absolute atomic E-state index is 0.179. The molecule has 1 atom stereocenters. The molecule has 3 rings (SSSR count). The molecule has 2 heteroatoms. The first kappa shape index (κ1) is 10.3. The van der Waals surface area contributed by atoms with E-state index in [1.807, 2.05) is 18.2 Å². The SMILES string of the molecule is Cc1ccccc1C1Cc2ccc(F)cc2N1. The summed E-state index contributed by atoms with van der Waals surface area (Å²) in [6, 6.07) is 13.6. The van der Waals surface area contributed by atoms with Crippen LogP contribution in [0, 0.1) is 12.7 Å². The molecular formula is C15H14FN. The van der Waals surface area contributed by atoms with Gasteiger partial charge in [0.2, 0.25) is 0 Å². The number of nitrogens with one attached hydrogen (secondary N) is 1. The molecule has 1 unspecified atom stereocenters. The number of halogens is 1. The van der Waals surface area contributed by atoms with Crippen molar-refractivity contribution in [3.8, 4) is 0 Å². The van der Waals surface area contributed by atoms with Crippen molar-refractivity contribution in [3.05, 3.63) is 65.0 Å². The van der Waals surface area contributed by atoms with Gasteiger partial charge in [-0.2, -0.15) is 0 Å². The van der Waals surface area contributed by atoms with E-state index in [0.29, 0.717) is 0 Å². The van der Waals surface area contributed by atoms with E-state index in [4.69, 9.17) is 0 Å². The topological polar surface area (TPSA) is 12.0 Å². The van der Waals surface area contributed by atoms with Crippen LogP contribution in [0.2, 0.25) is 0 Å². The molecule has 0 aromatic heterocycles. The smallest absolute Gasteiger partial charge is 0.125 e. The van der Waals surface area contributed by atoms with Gasteiger partial charge in [0.05, 0.1) is 6.04 Å². The number of aryl methyl sites for hydroxylation is 1. The highest BCUT2D eigenvalue weighted by molar-refractivity contribution is 5.58. The van der Waals surface area contributed by atoms with E-state index in [1.165, 1.54) is 22.8 Å². The molecule has 0 aliphatic carbocycles. The summed E-state index contributed by atoms with van der Waals surface area (Å²) < 4.78 is 13.1. The van der Waals surface area contributed by atoms with Crippen LogP contribution in [-0.2, 0) is 6.42 Å². The van der Waals surface area contributed by atoms with Crippen LogP contribution in [0.4, 0.5) is 10.1 Å². The summed E-state index contributed by atoms with van der Waals surface area (Å²) >= 11 is 0. The van der Waals surface area contributed by atoms with Crippen molar-refractivity contribution in [1.82, 2.24) is 0 Å². The summed E-state index contributed by atoms with van der Waals surface area (Å²) in [5.74, 6) is -0.179. The van der Waals surface area contributed by atoms with Gasteiger partial charge in [-0.15, -0.1) is 0 Å². The summed E-state index contributed by atoms with van der Waals surface area (Å²) in [6.45, 7) is 2.11. The molecule has 0 saturated carbocycles. The molecule has 0 saturated heterocycles. The summed E-state index contributed by atoms with van der Waals surface area (Å²) in [5.41, 5.74) is 4.69. The Morgan fingerprint density at radius 3 is 2.82 bits per heavy atom. The van der Waals surface area contributed by atoms with Crippen LogP contribution >= 0.6 is 0 Å². The van der Waals surface area contributed by atoms with Gasteiger partial charge < -0.3 is 5.32 Å². The third-order valence-electron chi connectivity index (χ3n) is 3.39. The van der Waals surface area contributed by atoms with Crippen molar-refractivity contribution in [3.63, 3.8) is 0 Å². The molecule has 0 radical (unpaired) electrons. The van der Waals surface area contributed by atoms with E-state index in [9.17, 15) is 4.39 Å². The molecule has 1 aliphatic rings. The molecule has 17 heavy (non-hydrogen) atoms. The van der Waals surface area contributed by atoms with Gasteiger partial charge in [-0.25, -0.2) is 4.39 Å². The van der Waals surface area contributed by atoms with Crippen molar-refractivity contribution in [2.45, 2.75) is 19.4 Å². The molecule has 0 fully saturated rings.